The lowest BCUT2D eigenvalue weighted by molar-refractivity contribution is -0.114. The quantitative estimate of drug-likeness (QED) is 0.472. The summed E-state index contributed by atoms with van der Waals surface area (Å²) in [5, 5.41) is 5.84. The smallest absolute Gasteiger partial charge is 0.232 e. The second kappa shape index (κ2) is 9.66. The second-order valence-corrected chi connectivity index (χ2v) is 6.81. The molecule has 0 aliphatic heterocycles. The minimum absolute atomic E-state index is 0.0369. The predicted octanol–water partition coefficient (Wildman–Crippen LogP) is 3.50. The highest BCUT2D eigenvalue weighted by molar-refractivity contribution is 5.96. The number of nitrogen functional groups attached to an aromatic ring is 1. The summed E-state index contributed by atoms with van der Waals surface area (Å²) in [5.41, 5.74) is 8.74. The van der Waals surface area contributed by atoms with E-state index < -0.39 is 0 Å². The monoisotopic (exact) mass is 420 g/mol. The topological polar surface area (TPSA) is 132 Å². The molecule has 0 spiro atoms. The van der Waals surface area contributed by atoms with Crippen LogP contribution < -0.4 is 21.1 Å². The lowest BCUT2D eigenvalue weighted by Crippen LogP contribution is -2.12. The van der Waals surface area contributed by atoms with Gasteiger partial charge in [0.25, 0.3) is 0 Å². The van der Waals surface area contributed by atoms with E-state index in [0.717, 1.165) is 17.7 Å². The van der Waals surface area contributed by atoms with Crippen LogP contribution >= 0.6 is 0 Å². The number of Topliss-reactive ketones (excluding diaryl/α,β-unsaturated/α-hetero) is 1. The van der Waals surface area contributed by atoms with Gasteiger partial charge in [0.05, 0.1) is 5.69 Å². The summed E-state index contributed by atoms with van der Waals surface area (Å²) in [6.45, 7) is 4.87. The molecule has 9 heteroatoms. The minimum atomic E-state index is -0.258. The zero-order valence-electron chi connectivity index (χ0n) is 17.6. The van der Waals surface area contributed by atoms with Crippen molar-refractivity contribution < 1.29 is 14.3 Å². The van der Waals surface area contributed by atoms with Crippen molar-refractivity contribution in [2.24, 2.45) is 0 Å². The molecule has 3 aromatic rings. The molecule has 4 N–H and O–H groups in total. The zero-order valence-corrected chi connectivity index (χ0v) is 17.6. The van der Waals surface area contributed by atoms with E-state index >= 15 is 0 Å². The number of aromatic nitrogens is 3. The third-order valence-corrected chi connectivity index (χ3v) is 4.40. The Morgan fingerprint density at radius 1 is 1.03 bits per heavy atom. The third-order valence-electron chi connectivity index (χ3n) is 4.40. The maximum atomic E-state index is 11.7. The number of hydrogen-bond acceptors (Lipinski definition) is 8. The van der Waals surface area contributed by atoms with Crippen molar-refractivity contribution in [2.75, 3.05) is 16.4 Å². The van der Waals surface area contributed by atoms with Crippen molar-refractivity contribution in [3.63, 3.8) is 0 Å². The fraction of sp³-hybridized carbons (Fsp3) is 0.227. The van der Waals surface area contributed by atoms with Gasteiger partial charge >= 0.3 is 0 Å². The van der Waals surface area contributed by atoms with Crippen molar-refractivity contribution in [2.45, 2.75) is 33.8 Å². The van der Waals surface area contributed by atoms with Gasteiger partial charge < -0.3 is 21.1 Å². The molecule has 0 saturated carbocycles. The van der Waals surface area contributed by atoms with E-state index in [1.807, 2.05) is 24.3 Å². The Bertz CT molecular complexity index is 1120. The van der Waals surface area contributed by atoms with Crippen LogP contribution in [0.4, 0.5) is 23.3 Å². The van der Waals surface area contributed by atoms with Gasteiger partial charge in [-0.15, -0.1) is 0 Å². The number of carbonyl (C=O) groups excluding carboxylic acids is 2. The van der Waals surface area contributed by atoms with Crippen molar-refractivity contribution >= 4 is 35.0 Å². The van der Waals surface area contributed by atoms with Crippen LogP contribution in [0.5, 0.6) is 5.75 Å². The molecule has 1 heterocycles. The summed E-state index contributed by atoms with van der Waals surface area (Å²) in [6.07, 6.45) is 0.845. The summed E-state index contributed by atoms with van der Waals surface area (Å²) < 4.78 is 5.82. The van der Waals surface area contributed by atoms with Crippen LogP contribution in [0.3, 0.4) is 0 Å². The molecule has 0 unspecified atom stereocenters. The fourth-order valence-corrected chi connectivity index (χ4v) is 2.93. The minimum Gasteiger partial charge on any atom is -0.483 e. The number of ketones is 1. The summed E-state index contributed by atoms with van der Waals surface area (Å²) >= 11 is 0. The molecule has 0 bridgehead atoms. The zero-order chi connectivity index (χ0) is 22.4. The number of amides is 1. The highest BCUT2D eigenvalue weighted by Gasteiger charge is 2.12. The number of nitrogens with one attached hydrogen (secondary N) is 2. The SMILES string of the molecule is CCc1ccccc1Nc1nc(N)nc(COc2cc(C(C)=O)ccc2NC(C)=O)n1. The molecule has 0 atom stereocenters. The largest absolute Gasteiger partial charge is 0.483 e. The van der Waals surface area contributed by atoms with E-state index in [9.17, 15) is 9.59 Å². The van der Waals surface area contributed by atoms with Crippen LogP contribution in [-0.4, -0.2) is 26.6 Å². The van der Waals surface area contributed by atoms with Crippen LogP contribution in [0.25, 0.3) is 0 Å². The summed E-state index contributed by atoms with van der Waals surface area (Å²) in [6, 6.07) is 12.6. The van der Waals surface area contributed by atoms with Crippen molar-refractivity contribution in [3.8, 4) is 5.75 Å². The second-order valence-electron chi connectivity index (χ2n) is 6.81. The number of benzene rings is 2. The molecular formula is C22H24N6O3. The van der Waals surface area contributed by atoms with Gasteiger partial charge in [0.1, 0.15) is 12.4 Å². The lowest BCUT2D eigenvalue weighted by Gasteiger charge is -2.13. The first-order valence-electron chi connectivity index (χ1n) is 9.76. The maximum Gasteiger partial charge on any atom is 0.232 e. The number of aryl methyl sites for hydroxylation is 1. The highest BCUT2D eigenvalue weighted by atomic mass is 16.5. The van der Waals surface area contributed by atoms with E-state index in [1.165, 1.54) is 13.8 Å². The first-order chi connectivity index (χ1) is 14.9. The number of nitrogens with two attached hydrogens (primary N) is 1. The Labute approximate surface area is 180 Å². The Hall–Kier alpha value is -4.01. The van der Waals surface area contributed by atoms with E-state index in [0.29, 0.717) is 28.8 Å². The van der Waals surface area contributed by atoms with E-state index in [1.54, 1.807) is 18.2 Å². The molecule has 2 aromatic carbocycles. The van der Waals surface area contributed by atoms with Gasteiger partial charge in [0.2, 0.25) is 17.8 Å². The molecule has 0 saturated heterocycles. The van der Waals surface area contributed by atoms with Crippen LogP contribution in [-0.2, 0) is 17.8 Å². The van der Waals surface area contributed by atoms with Crippen molar-refractivity contribution in [3.05, 3.63) is 59.4 Å². The Morgan fingerprint density at radius 3 is 2.52 bits per heavy atom. The third kappa shape index (κ3) is 5.75. The van der Waals surface area contributed by atoms with Gasteiger partial charge in [-0.25, -0.2) is 0 Å². The van der Waals surface area contributed by atoms with E-state index in [-0.39, 0.29) is 24.2 Å². The van der Waals surface area contributed by atoms with Crippen LogP contribution in [0.15, 0.2) is 42.5 Å². The summed E-state index contributed by atoms with van der Waals surface area (Å²) in [4.78, 5) is 35.8. The average molecular weight is 420 g/mol. The van der Waals surface area contributed by atoms with E-state index in [4.69, 9.17) is 10.5 Å². The maximum absolute atomic E-state index is 11.7. The number of carbonyl (C=O) groups is 2. The lowest BCUT2D eigenvalue weighted by atomic mass is 10.1. The molecular weight excluding hydrogens is 396 g/mol. The number of nitrogens with zero attached hydrogens (tertiary/aromatic N) is 3. The number of anilines is 4. The van der Waals surface area contributed by atoms with Crippen LogP contribution in [0.2, 0.25) is 0 Å². The molecule has 0 fully saturated rings. The predicted molar refractivity (Wildman–Crippen MR) is 118 cm³/mol. The number of rotatable bonds is 8. The van der Waals surface area contributed by atoms with E-state index in [2.05, 4.69) is 32.5 Å². The molecule has 31 heavy (non-hydrogen) atoms. The van der Waals surface area contributed by atoms with Crippen molar-refractivity contribution in [1.29, 1.82) is 0 Å². The Balaban J connectivity index is 1.83. The van der Waals surface area contributed by atoms with Gasteiger partial charge in [0.15, 0.2) is 11.6 Å². The number of para-hydroxylation sites is 1. The van der Waals surface area contributed by atoms with Gasteiger partial charge in [-0.1, -0.05) is 25.1 Å². The molecule has 1 amide bonds. The standard InChI is InChI=1S/C22H24N6O3/c1-4-15-7-5-6-8-17(15)25-22-27-20(26-21(23)28-22)12-31-19-11-16(13(2)29)9-10-18(19)24-14(3)30/h5-11H,4,12H2,1-3H3,(H,24,30)(H3,23,25,26,27,28). The molecule has 0 aliphatic carbocycles. The summed E-state index contributed by atoms with van der Waals surface area (Å²) in [7, 11) is 0. The molecule has 0 aliphatic rings. The summed E-state index contributed by atoms with van der Waals surface area (Å²) in [5.74, 6) is 0.588. The van der Waals surface area contributed by atoms with Gasteiger partial charge in [-0.2, -0.15) is 15.0 Å². The molecule has 0 radical (unpaired) electrons. The van der Waals surface area contributed by atoms with Crippen LogP contribution in [0, 0.1) is 0 Å². The highest BCUT2D eigenvalue weighted by Crippen LogP contribution is 2.27. The molecule has 1 aromatic heterocycles. The Morgan fingerprint density at radius 2 is 1.81 bits per heavy atom. The number of ether oxygens (including phenoxy) is 1. The number of hydrogen-bond donors (Lipinski definition) is 3. The first kappa shape index (κ1) is 21.7. The van der Waals surface area contributed by atoms with Gasteiger partial charge in [-0.3, -0.25) is 9.59 Å². The molecule has 3 rings (SSSR count). The Kier molecular flexibility index (Phi) is 6.76. The van der Waals surface area contributed by atoms with Gasteiger partial charge in [-0.05, 0) is 43.2 Å². The van der Waals surface area contributed by atoms with Crippen molar-refractivity contribution in [1.82, 2.24) is 15.0 Å². The first-order valence-corrected chi connectivity index (χ1v) is 9.76. The normalized spacial score (nSPS) is 10.4. The van der Waals surface area contributed by atoms with Crippen LogP contribution in [0.1, 0.15) is 42.5 Å². The fourth-order valence-electron chi connectivity index (χ4n) is 2.93. The molecule has 160 valence electrons. The van der Waals surface area contributed by atoms with Gasteiger partial charge in [0, 0.05) is 18.2 Å². The average Bonchev–Trinajstić information content (AvgIpc) is 2.72. The molecule has 9 nitrogen and oxygen atoms in total.